The maximum Gasteiger partial charge on any atom is 0.243 e. The Morgan fingerprint density at radius 1 is 0.714 bits per heavy atom. The predicted octanol–water partition coefficient (Wildman–Crippen LogP) is 6.58. The molecule has 2 rings (SSSR count). The number of halogens is 4. The van der Waals surface area contributed by atoms with Crippen LogP contribution in [-0.2, 0) is 20.0 Å². The zero-order valence-corrected chi connectivity index (χ0v) is 31.1. The molecule has 0 aromatic heterocycles. The van der Waals surface area contributed by atoms with Crippen molar-refractivity contribution in [3.8, 4) is 0 Å². The lowest BCUT2D eigenvalue weighted by Crippen LogP contribution is -2.40. The minimum atomic E-state index is -3.52. The van der Waals surface area contributed by atoms with Crippen LogP contribution < -0.4 is 15.2 Å². The summed E-state index contributed by atoms with van der Waals surface area (Å²) >= 11 is 8.72. The zero-order valence-electron chi connectivity index (χ0n) is 20.9. The summed E-state index contributed by atoms with van der Waals surface area (Å²) in [5, 5.41) is 0. The summed E-state index contributed by atoms with van der Waals surface area (Å²) in [5.41, 5.74) is 4.89. The Morgan fingerprint density at radius 3 is 1.37 bits per heavy atom. The van der Waals surface area contributed by atoms with E-state index in [0.717, 1.165) is 3.57 Å². The van der Waals surface area contributed by atoms with Crippen LogP contribution in [0.5, 0.6) is 0 Å². The van der Waals surface area contributed by atoms with E-state index in [1.54, 1.807) is 57.2 Å². The minimum Gasteiger partial charge on any atom is -0.398 e. The van der Waals surface area contributed by atoms with Gasteiger partial charge in [0.2, 0.25) is 20.0 Å². The summed E-state index contributed by atoms with van der Waals surface area (Å²) in [4.78, 5) is 2.43. The SMILES string of the molecule is CC(C)(C)NS(=O)(=O)c1ccccc1I.CC(C)(C)NS(=O)(=O)c1ccccc1N.CI.ICI. The largest absolute Gasteiger partial charge is 0.398 e. The van der Waals surface area contributed by atoms with Crippen molar-refractivity contribution in [3.05, 3.63) is 52.1 Å². The maximum absolute atomic E-state index is 12.0. The quantitative estimate of drug-likeness (QED) is 0.182. The van der Waals surface area contributed by atoms with Crippen LogP contribution >= 0.6 is 90.4 Å². The monoisotopic (exact) mass is 977 g/mol. The molecule has 0 saturated heterocycles. The van der Waals surface area contributed by atoms with Crippen LogP contribution in [0.25, 0.3) is 0 Å². The number of nitrogens with one attached hydrogen (secondary N) is 2. The normalized spacial score (nSPS) is 11.6. The number of nitrogens with two attached hydrogens (primary N) is 1. The number of hydrogen-bond acceptors (Lipinski definition) is 5. The van der Waals surface area contributed by atoms with E-state index in [9.17, 15) is 16.8 Å². The summed E-state index contributed by atoms with van der Waals surface area (Å²) in [6.45, 7) is 10.8. The molecule has 0 amide bonds. The van der Waals surface area contributed by atoms with E-state index in [2.05, 4.69) is 77.2 Å². The van der Waals surface area contributed by atoms with E-state index in [1.807, 2.05) is 54.4 Å². The fourth-order valence-corrected chi connectivity index (χ4v) is 6.61. The number of anilines is 1. The second-order valence-corrected chi connectivity index (χ2v) is 17.7. The van der Waals surface area contributed by atoms with Gasteiger partial charge in [-0.15, -0.1) is 0 Å². The number of para-hydroxylation sites is 1. The molecular formula is C22H35I4N3O4S2. The smallest absolute Gasteiger partial charge is 0.243 e. The van der Waals surface area contributed by atoms with Gasteiger partial charge in [-0.25, -0.2) is 26.3 Å². The van der Waals surface area contributed by atoms with Gasteiger partial charge in [0.1, 0.15) is 4.90 Å². The zero-order chi connectivity index (χ0) is 28.1. The van der Waals surface area contributed by atoms with Crippen molar-refractivity contribution in [3.63, 3.8) is 0 Å². The number of benzene rings is 2. The highest BCUT2D eigenvalue weighted by Crippen LogP contribution is 2.20. The van der Waals surface area contributed by atoms with E-state index in [1.165, 1.54) is 8.50 Å². The Balaban J connectivity index is 0. The molecular weight excluding hydrogens is 942 g/mol. The minimum absolute atomic E-state index is 0.125. The molecule has 202 valence electrons. The molecule has 2 aromatic carbocycles. The van der Waals surface area contributed by atoms with Gasteiger partial charge in [-0.1, -0.05) is 92.0 Å². The number of rotatable bonds is 4. The number of nitrogen functional groups attached to an aromatic ring is 1. The maximum atomic E-state index is 12.0. The predicted molar refractivity (Wildman–Crippen MR) is 183 cm³/mol. The van der Waals surface area contributed by atoms with Crippen LogP contribution in [0, 0.1) is 3.57 Å². The molecule has 0 unspecified atom stereocenters. The van der Waals surface area contributed by atoms with E-state index in [4.69, 9.17) is 5.73 Å². The van der Waals surface area contributed by atoms with Crippen LogP contribution in [-0.4, -0.2) is 35.3 Å². The van der Waals surface area contributed by atoms with Gasteiger partial charge in [-0.05, 0) is 93.3 Å². The first-order valence-electron chi connectivity index (χ1n) is 10.0. The van der Waals surface area contributed by atoms with Gasteiger partial charge >= 0.3 is 0 Å². The Labute approximate surface area is 266 Å². The van der Waals surface area contributed by atoms with Crippen molar-refractivity contribution in [2.24, 2.45) is 0 Å². The van der Waals surface area contributed by atoms with Gasteiger partial charge in [0.15, 0.2) is 0 Å². The van der Waals surface area contributed by atoms with Gasteiger partial charge < -0.3 is 5.73 Å². The topological polar surface area (TPSA) is 118 Å². The number of hydrogen-bond donors (Lipinski definition) is 3. The standard InChI is InChI=1S/C10H14INO2S.C10H16N2O2S.CH2I2.CH3I/c2*1-10(2,3)12-15(13,14)9-7-5-4-6-8(9)11;2-1-3;1-2/h4-7,12H,1-3H3;4-7,12H,11H2,1-3H3;1H2;1H3. The van der Waals surface area contributed by atoms with Gasteiger partial charge in [0.25, 0.3) is 0 Å². The lowest BCUT2D eigenvalue weighted by Gasteiger charge is -2.20. The van der Waals surface area contributed by atoms with E-state index in [-0.39, 0.29) is 10.6 Å². The first kappa shape index (κ1) is 38.1. The van der Waals surface area contributed by atoms with Crippen LogP contribution in [0.2, 0.25) is 0 Å². The molecule has 0 radical (unpaired) electrons. The van der Waals surface area contributed by atoms with Crippen molar-refractivity contribution < 1.29 is 16.8 Å². The molecule has 35 heavy (non-hydrogen) atoms. The Morgan fingerprint density at radius 2 is 1.03 bits per heavy atom. The van der Waals surface area contributed by atoms with E-state index < -0.39 is 31.1 Å². The molecule has 0 aliphatic rings. The highest BCUT2D eigenvalue weighted by molar-refractivity contribution is 14.2. The van der Waals surface area contributed by atoms with Crippen molar-refractivity contribution in [2.75, 3.05) is 13.1 Å². The molecule has 13 heteroatoms. The van der Waals surface area contributed by atoms with Gasteiger partial charge in [0, 0.05) is 14.6 Å². The summed E-state index contributed by atoms with van der Waals surface area (Å²) in [6, 6.07) is 13.3. The first-order chi connectivity index (χ1) is 15.9. The van der Waals surface area contributed by atoms with E-state index >= 15 is 0 Å². The molecule has 4 N–H and O–H groups in total. The number of sulfonamides is 2. The van der Waals surface area contributed by atoms with Crippen molar-refractivity contribution in [1.82, 2.24) is 9.44 Å². The third-order valence-corrected chi connectivity index (χ3v) is 8.17. The molecule has 0 atom stereocenters. The van der Waals surface area contributed by atoms with Crippen molar-refractivity contribution in [1.29, 1.82) is 0 Å². The van der Waals surface area contributed by atoms with Crippen LogP contribution in [0.1, 0.15) is 41.5 Å². The third-order valence-electron chi connectivity index (χ3n) is 3.22. The van der Waals surface area contributed by atoms with E-state index in [0.29, 0.717) is 4.90 Å². The molecule has 7 nitrogen and oxygen atoms in total. The van der Waals surface area contributed by atoms with Gasteiger partial charge in [-0.2, -0.15) is 0 Å². The van der Waals surface area contributed by atoms with Crippen LogP contribution in [0.15, 0.2) is 58.3 Å². The van der Waals surface area contributed by atoms with Crippen molar-refractivity contribution >= 4 is 116 Å². The fraction of sp³-hybridized carbons (Fsp3) is 0.455. The Bertz CT molecular complexity index is 1010. The molecule has 0 saturated carbocycles. The number of alkyl halides is 3. The highest BCUT2D eigenvalue weighted by atomic mass is 127. The summed E-state index contributed by atoms with van der Waals surface area (Å²) < 4.78 is 54.7. The second kappa shape index (κ2) is 17.5. The lowest BCUT2D eigenvalue weighted by atomic mass is 10.1. The fourth-order valence-electron chi connectivity index (χ4n) is 2.30. The third kappa shape index (κ3) is 17.2. The molecule has 0 fully saturated rings. The Kier molecular flexibility index (Phi) is 19.1. The highest BCUT2D eigenvalue weighted by Gasteiger charge is 2.24. The lowest BCUT2D eigenvalue weighted by molar-refractivity contribution is 0.489. The molecule has 0 aliphatic heterocycles. The summed E-state index contributed by atoms with van der Waals surface area (Å²) in [6.07, 6.45) is 0. The first-order valence-corrected chi connectivity index (χ1v) is 19.3. The summed E-state index contributed by atoms with van der Waals surface area (Å²) in [7, 11) is -6.93. The molecule has 0 aliphatic carbocycles. The van der Waals surface area contributed by atoms with Gasteiger partial charge in [0.05, 0.1) is 13.0 Å². The van der Waals surface area contributed by atoms with Crippen LogP contribution in [0.3, 0.4) is 0 Å². The molecule has 0 bridgehead atoms. The average molecular weight is 977 g/mol. The molecule has 2 aromatic rings. The molecule has 0 spiro atoms. The summed E-state index contributed by atoms with van der Waals surface area (Å²) in [5.74, 6) is 0. The Hall–Kier alpha value is 0.980. The molecule has 0 heterocycles. The average Bonchev–Trinajstić information content (AvgIpc) is 2.67. The van der Waals surface area contributed by atoms with Crippen molar-refractivity contribution in [2.45, 2.75) is 62.4 Å². The second-order valence-electron chi connectivity index (χ2n) is 8.78. The van der Waals surface area contributed by atoms with Crippen LogP contribution in [0.4, 0.5) is 5.69 Å². The van der Waals surface area contributed by atoms with Gasteiger partial charge in [-0.3, -0.25) is 0 Å².